The Bertz CT molecular complexity index is 684. The first-order valence-corrected chi connectivity index (χ1v) is 7.40. The maximum atomic E-state index is 11.9. The molecule has 0 aliphatic rings. The van der Waals surface area contributed by atoms with Crippen molar-refractivity contribution in [1.82, 2.24) is 0 Å². The van der Waals surface area contributed by atoms with E-state index in [1.54, 1.807) is 24.3 Å². The smallest absolute Gasteiger partial charge is 0.226 e. The van der Waals surface area contributed by atoms with Crippen molar-refractivity contribution in [2.24, 2.45) is 0 Å². The van der Waals surface area contributed by atoms with Gasteiger partial charge >= 0.3 is 0 Å². The molecule has 2 aromatic rings. The van der Waals surface area contributed by atoms with E-state index in [0.29, 0.717) is 24.2 Å². The summed E-state index contributed by atoms with van der Waals surface area (Å²) in [5, 5.41) is 14.8. The Morgan fingerprint density at radius 3 is 2.22 bits per heavy atom. The molecule has 0 saturated carbocycles. The van der Waals surface area contributed by atoms with Crippen LogP contribution in [0.15, 0.2) is 48.5 Å². The number of hydrogen-bond acceptors (Lipinski definition) is 4. The molecule has 23 heavy (non-hydrogen) atoms. The van der Waals surface area contributed by atoms with Crippen LogP contribution in [-0.4, -0.2) is 26.5 Å². The second kappa shape index (κ2) is 7.85. The second-order valence-electron chi connectivity index (χ2n) is 5.36. The Balaban J connectivity index is 1.76. The molecule has 0 aromatic heterocycles. The van der Waals surface area contributed by atoms with Gasteiger partial charge in [-0.25, -0.2) is 0 Å². The molecule has 5 heteroatoms. The van der Waals surface area contributed by atoms with Gasteiger partial charge < -0.3 is 15.5 Å². The molecule has 2 aromatic carbocycles. The van der Waals surface area contributed by atoms with Crippen molar-refractivity contribution in [2.45, 2.75) is 6.42 Å². The molecule has 2 rings (SSSR count). The molecule has 0 saturated heterocycles. The maximum absolute atomic E-state index is 11.9. The number of carbonyl (C=O) groups is 1. The van der Waals surface area contributed by atoms with Gasteiger partial charge in [0.1, 0.15) is 0 Å². The van der Waals surface area contributed by atoms with Gasteiger partial charge in [0.05, 0.1) is 11.6 Å². The molecule has 0 aliphatic heterocycles. The van der Waals surface area contributed by atoms with Gasteiger partial charge in [0, 0.05) is 44.1 Å². The fourth-order valence-corrected chi connectivity index (χ4v) is 2.05. The van der Waals surface area contributed by atoms with Crippen molar-refractivity contribution < 1.29 is 4.79 Å². The van der Waals surface area contributed by atoms with Gasteiger partial charge in [0.2, 0.25) is 5.91 Å². The standard InChI is InChI=1S/C18H20N4O/c1-22(2)17-9-7-15(8-10-17)20-12-11-18(23)21-16-5-3-14(13-19)4-6-16/h3-10,20H,11-12H2,1-2H3,(H,21,23). The van der Waals surface area contributed by atoms with Crippen molar-refractivity contribution in [2.75, 3.05) is 36.2 Å². The number of rotatable bonds is 6. The Morgan fingerprint density at radius 2 is 1.65 bits per heavy atom. The number of anilines is 3. The fraction of sp³-hybridized carbons (Fsp3) is 0.222. The fourth-order valence-electron chi connectivity index (χ4n) is 2.05. The van der Waals surface area contributed by atoms with Gasteiger partial charge in [-0.3, -0.25) is 4.79 Å². The van der Waals surface area contributed by atoms with E-state index in [1.807, 2.05) is 49.3 Å². The molecule has 1 amide bonds. The summed E-state index contributed by atoms with van der Waals surface area (Å²) < 4.78 is 0. The predicted octanol–water partition coefficient (Wildman–Crippen LogP) is 3.06. The van der Waals surface area contributed by atoms with Crippen molar-refractivity contribution in [3.05, 3.63) is 54.1 Å². The minimum Gasteiger partial charge on any atom is -0.385 e. The molecule has 0 fully saturated rings. The van der Waals surface area contributed by atoms with Crippen LogP contribution in [0.2, 0.25) is 0 Å². The summed E-state index contributed by atoms with van der Waals surface area (Å²) in [4.78, 5) is 13.9. The summed E-state index contributed by atoms with van der Waals surface area (Å²) in [5.41, 5.74) is 3.39. The van der Waals surface area contributed by atoms with Crippen LogP contribution in [0.5, 0.6) is 0 Å². The van der Waals surface area contributed by atoms with Crippen LogP contribution in [0.4, 0.5) is 17.1 Å². The zero-order chi connectivity index (χ0) is 16.7. The highest BCUT2D eigenvalue weighted by Gasteiger charge is 2.03. The van der Waals surface area contributed by atoms with Gasteiger partial charge in [-0.2, -0.15) is 5.26 Å². The molecule has 0 heterocycles. The van der Waals surface area contributed by atoms with E-state index in [1.165, 1.54) is 0 Å². The van der Waals surface area contributed by atoms with Gasteiger partial charge in [-0.1, -0.05) is 0 Å². The highest BCUT2D eigenvalue weighted by Crippen LogP contribution is 2.15. The van der Waals surface area contributed by atoms with E-state index in [2.05, 4.69) is 10.6 Å². The van der Waals surface area contributed by atoms with Crippen molar-refractivity contribution in [1.29, 1.82) is 5.26 Å². The summed E-state index contributed by atoms with van der Waals surface area (Å²) in [5.74, 6) is -0.0629. The monoisotopic (exact) mass is 308 g/mol. The highest BCUT2D eigenvalue weighted by molar-refractivity contribution is 5.91. The molecule has 0 aliphatic carbocycles. The maximum Gasteiger partial charge on any atom is 0.226 e. The molecule has 0 atom stereocenters. The van der Waals surface area contributed by atoms with Crippen LogP contribution in [-0.2, 0) is 4.79 Å². The number of amides is 1. The molecule has 0 radical (unpaired) electrons. The van der Waals surface area contributed by atoms with Crippen LogP contribution in [0.1, 0.15) is 12.0 Å². The Morgan fingerprint density at radius 1 is 1.04 bits per heavy atom. The normalized spacial score (nSPS) is 9.78. The first-order valence-electron chi connectivity index (χ1n) is 7.40. The Labute approximate surface area is 136 Å². The third kappa shape index (κ3) is 5.04. The molecular formula is C18H20N4O. The van der Waals surface area contributed by atoms with Crippen molar-refractivity contribution in [3.8, 4) is 6.07 Å². The number of carbonyl (C=O) groups excluding carboxylic acids is 1. The van der Waals surface area contributed by atoms with E-state index in [0.717, 1.165) is 11.4 Å². The highest BCUT2D eigenvalue weighted by atomic mass is 16.1. The molecule has 118 valence electrons. The molecular weight excluding hydrogens is 288 g/mol. The van der Waals surface area contributed by atoms with Crippen molar-refractivity contribution in [3.63, 3.8) is 0 Å². The van der Waals surface area contributed by atoms with E-state index < -0.39 is 0 Å². The van der Waals surface area contributed by atoms with Crippen molar-refractivity contribution >= 4 is 23.0 Å². The lowest BCUT2D eigenvalue weighted by molar-refractivity contribution is -0.115. The minimum absolute atomic E-state index is 0.0629. The summed E-state index contributed by atoms with van der Waals surface area (Å²) in [6.45, 7) is 0.559. The second-order valence-corrected chi connectivity index (χ2v) is 5.36. The van der Waals surface area contributed by atoms with Crippen LogP contribution < -0.4 is 15.5 Å². The van der Waals surface area contributed by atoms with Gasteiger partial charge in [-0.15, -0.1) is 0 Å². The lowest BCUT2D eigenvalue weighted by Gasteiger charge is -2.13. The number of benzene rings is 2. The summed E-state index contributed by atoms with van der Waals surface area (Å²) in [7, 11) is 3.99. The molecule has 5 nitrogen and oxygen atoms in total. The first-order chi connectivity index (χ1) is 11.1. The third-order valence-electron chi connectivity index (χ3n) is 3.36. The van der Waals surface area contributed by atoms with E-state index in [4.69, 9.17) is 5.26 Å². The number of hydrogen-bond donors (Lipinski definition) is 2. The number of nitriles is 1. The molecule has 0 bridgehead atoms. The largest absolute Gasteiger partial charge is 0.385 e. The average molecular weight is 308 g/mol. The Hall–Kier alpha value is -3.00. The van der Waals surface area contributed by atoms with E-state index >= 15 is 0 Å². The van der Waals surface area contributed by atoms with E-state index in [9.17, 15) is 4.79 Å². The molecule has 2 N–H and O–H groups in total. The van der Waals surface area contributed by atoms with E-state index in [-0.39, 0.29) is 5.91 Å². The van der Waals surface area contributed by atoms with Crippen LogP contribution in [0, 0.1) is 11.3 Å². The third-order valence-corrected chi connectivity index (χ3v) is 3.36. The molecule has 0 unspecified atom stereocenters. The number of nitrogens with zero attached hydrogens (tertiary/aromatic N) is 2. The summed E-state index contributed by atoms with van der Waals surface area (Å²) in [6, 6.07) is 16.9. The van der Waals surface area contributed by atoms with Gasteiger partial charge in [-0.05, 0) is 48.5 Å². The lowest BCUT2D eigenvalue weighted by Crippen LogP contribution is -2.16. The zero-order valence-electron chi connectivity index (χ0n) is 13.3. The quantitative estimate of drug-likeness (QED) is 0.860. The Kier molecular flexibility index (Phi) is 5.59. The minimum atomic E-state index is -0.0629. The SMILES string of the molecule is CN(C)c1ccc(NCCC(=O)Nc2ccc(C#N)cc2)cc1. The zero-order valence-corrected chi connectivity index (χ0v) is 13.3. The molecule has 0 spiro atoms. The van der Waals surface area contributed by atoms with Crippen LogP contribution in [0.25, 0.3) is 0 Å². The number of nitrogens with one attached hydrogen (secondary N) is 2. The summed E-state index contributed by atoms with van der Waals surface area (Å²) >= 11 is 0. The topological polar surface area (TPSA) is 68.2 Å². The average Bonchev–Trinajstić information content (AvgIpc) is 2.56. The van der Waals surface area contributed by atoms with Crippen LogP contribution >= 0.6 is 0 Å². The summed E-state index contributed by atoms with van der Waals surface area (Å²) in [6.07, 6.45) is 0.370. The first kappa shape index (κ1) is 16.4. The lowest BCUT2D eigenvalue weighted by atomic mass is 10.2. The van der Waals surface area contributed by atoms with Gasteiger partial charge in [0.15, 0.2) is 0 Å². The predicted molar refractivity (Wildman–Crippen MR) is 93.7 cm³/mol. The van der Waals surface area contributed by atoms with Crippen LogP contribution in [0.3, 0.4) is 0 Å². The van der Waals surface area contributed by atoms with Gasteiger partial charge in [0.25, 0.3) is 0 Å².